The molecular weight excluding hydrogens is 210 g/mol. The molecule has 0 unspecified atom stereocenters. The largest absolute Gasteiger partial charge is 0.489 e. The fourth-order valence-corrected chi connectivity index (χ4v) is 1.29. The second-order valence-corrected chi connectivity index (χ2v) is 3.94. The van der Waals surface area contributed by atoms with E-state index < -0.39 is 0 Å². The lowest BCUT2D eigenvalue weighted by atomic mass is 10.1. The summed E-state index contributed by atoms with van der Waals surface area (Å²) in [6.45, 7) is 6.39. The molecule has 0 fully saturated rings. The summed E-state index contributed by atoms with van der Waals surface area (Å²) in [4.78, 5) is 0. The van der Waals surface area contributed by atoms with Crippen molar-refractivity contribution in [3.8, 4) is 5.75 Å². The summed E-state index contributed by atoms with van der Waals surface area (Å²) >= 11 is 5.55. The minimum Gasteiger partial charge on any atom is -0.489 e. The van der Waals surface area contributed by atoms with E-state index in [1.165, 1.54) is 5.54 Å². The Morgan fingerprint density at radius 1 is 1.40 bits per heavy atom. The van der Waals surface area contributed by atoms with Crippen LogP contribution in [0.15, 0.2) is 23.2 Å². The van der Waals surface area contributed by atoms with Gasteiger partial charge in [-0.05, 0) is 37.5 Å². The van der Waals surface area contributed by atoms with Crippen molar-refractivity contribution in [2.24, 2.45) is 0 Å². The highest BCUT2D eigenvalue weighted by Crippen LogP contribution is 2.24. The van der Waals surface area contributed by atoms with E-state index in [4.69, 9.17) is 22.1 Å². The van der Waals surface area contributed by atoms with Crippen molar-refractivity contribution >= 4 is 17.3 Å². The highest BCUT2D eigenvalue weighted by molar-refractivity contribution is 6.25. The Bertz CT molecular complexity index is 385. The summed E-state index contributed by atoms with van der Waals surface area (Å²) in [6, 6.07) is 3.87. The Hall–Kier alpha value is -1.15. The van der Waals surface area contributed by atoms with Gasteiger partial charge in [0.2, 0.25) is 0 Å². The minimum absolute atomic E-state index is 0.493. The van der Waals surface area contributed by atoms with E-state index in [-0.39, 0.29) is 0 Å². The average Bonchev–Trinajstić information content (AvgIpc) is 2.21. The number of hydrogen-bond donors (Lipinski definition) is 1. The van der Waals surface area contributed by atoms with Gasteiger partial charge >= 0.3 is 0 Å². The normalized spacial score (nSPS) is 11.6. The van der Waals surface area contributed by atoms with E-state index in [0.717, 1.165) is 28.1 Å². The highest BCUT2D eigenvalue weighted by atomic mass is 35.5. The summed E-state index contributed by atoms with van der Waals surface area (Å²) in [6.07, 6.45) is 0. The molecule has 0 radical (unpaired) electrons. The number of benzene rings is 1. The molecule has 0 aliphatic rings. The standard InChI is InChI=1S/C12H16ClNO/c1-8(6-13)7-15-12-5-11(14)9(2)4-10(12)3/h4-6H,7,14H2,1-3H3/b8-6-. The zero-order chi connectivity index (χ0) is 11.4. The van der Waals surface area contributed by atoms with E-state index in [1.54, 1.807) is 0 Å². The zero-order valence-electron chi connectivity index (χ0n) is 9.30. The number of nitrogens with two attached hydrogens (primary N) is 1. The van der Waals surface area contributed by atoms with Gasteiger partial charge in [-0.25, -0.2) is 0 Å². The number of nitrogen functional groups attached to an aromatic ring is 1. The first-order chi connectivity index (χ1) is 7.04. The Labute approximate surface area is 95.7 Å². The van der Waals surface area contributed by atoms with E-state index >= 15 is 0 Å². The van der Waals surface area contributed by atoms with E-state index in [0.29, 0.717) is 6.61 Å². The van der Waals surface area contributed by atoms with Gasteiger partial charge < -0.3 is 10.5 Å². The van der Waals surface area contributed by atoms with Crippen LogP contribution in [0, 0.1) is 13.8 Å². The van der Waals surface area contributed by atoms with Gasteiger partial charge in [-0.15, -0.1) is 0 Å². The fourth-order valence-electron chi connectivity index (χ4n) is 1.23. The molecule has 2 N–H and O–H groups in total. The lowest BCUT2D eigenvalue weighted by Gasteiger charge is -2.11. The summed E-state index contributed by atoms with van der Waals surface area (Å²) in [5, 5.41) is 0. The fraction of sp³-hybridized carbons (Fsp3) is 0.333. The maximum atomic E-state index is 5.81. The molecular formula is C12H16ClNO. The van der Waals surface area contributed by atoms with E-state index in [1.807, 2.05) is 32.9 Å². The summed E-state index contributed by atoms with van der Waals surface area (Å²) in [5.41, 5.74) is 11.2. The van der Waals surface area contributed by atoms with Gasteiger partial charge in [-0.1, -0.05) is 17.7 Å². The molecule has 1 aromatic carbocycles. The second kappa shape index (κ2) is 5.08. The van der Waals surface area contributed by atoms with Crippen molar-refractivity contribution in [1.29, 1.82) is 0 Å². The maximum Gasteiger partial charge on any atom is 0.124 e. The van der Waals surface area contributed by atoms with Gasteiger partial charge in [0.15, 0.2) is 0 Å². The third-order valence-electron chi connectivity index (χ3n) is 2.21. The third kappa shape index (κ3) is 3.17. The van der Waals surface area contributed by atoms with Crippen LogP contribution in [0.2, 0.25) is 0 Å². The topological polar surface area (TPSA) is 35.2 Å². The molecule has 0 aliphatic heterocycles. The maximum absolute atomic E-state index is 5.81. The van der Waals surface area contributed by atoms with Crippen LogP contribution in [0.3, 0.4) is 0 Å². The number of hydrogen-bond acceptors (Lipinski definition) is 2. The van der Waals surface area contributed by atoms with Gasteiger partial charge in [-0.3, -0.25) is 0 Å². The molecule has 2 nitrogen and oxygen atoms in total. The number of aryl methyl sites for hydroxylation is 2. The number of rotatable bonds is 3. The van der Waals surface area contributed by atoms with Crippen LogP contribution < -0.4 is 10.5 Å². The molecule has 0 spiro atoms. The molecule has 0 aliphatic carbocycles. The minimum atomic E-state index is 0.493. The molecule has 0 atom stereocenters. The Morgan fingerprint density at radius 2 is 2.07 bits per heavy atom. The van der Waals surface area contributed by atoms with Crippen LogP contribution in [-0.4, -0.2) is 6.61 Å². The van der Waals surface area contributed by atoms with Crippen molar-refractivity contribution in [1.82, 2.24) is 0 Å². The molecule has 15 heavy (non-hydrogen) atoms. The SMILES string of the molecule is C/C(=C/Cl)COc1cc(N)c(C)cc1C. The second-order valence-electron chi connectivity index (χ2n) is 3.72. The van der Waals surface area contributed by atoms with Gasteiger partial charge in [-0.2, -0.15) is 0 Å². The van der Waals surface area contributed by atoms with Crippen molar-refractivity contribution in [2.75, 3.05) is 12.3 Å². The molecule has 3 heteroatoms. The lowest BCUT2D eigenvalue weighted by molar-refractivity contribution is 0.350. The smallest absolute Gasteiger partial charge is 0.124 e. The van der Waals surface area contributed by atoms with Crippen LogP contribution in [0.1, 0.15) is 18.1 Å². The Morgan fingerprint density at radius 3 is 2.67 bits per heavy atom. The van der Waals surface area contributed by atoms with Gasteiger partial charge in [0, 0.05) is 17.3 Å². The first-order valence-electron chi connectivity index (χ1n) is 4.80. The van der Waals surface area contributed by atoms with Gasteiger partial charge in [0.1, 0.15) is 12.4 Å². The van der Waals surface area contributed by atoms with Gasteiger partial charge in [0.05, 0.1) is 0 Å². The number of halogens is 1. The zero-order valence-corrected chi connectivity index (χ0v) is 10.1. The van der Waals surface area contributed by atoms with Crippen molar-refractivity contribution in [2.45, 2.75) is 20.8 Å². The Balaban J connectivity index is 2.82. The number of anilines is 1. The molecule has 1 rings (SSSR count). The molecule has 0 amide bonds. The van der Waals surface area contributed by atoms with E-state index in [9.17, 15) is 0 Å². The first kappa shape index (κ1) is 11.9. The molecule has 0 saturated heterocycles. The molecule has 0 heterocycles. The quantitative estimate of drug-likeness (QED) is 0.801. The van der Waals surface area contributed by atoms with Crippen LogP contribution in [0.4, 0.5) is 5.69 Å². The predicted molar refractivity (Wildman–Crippen MR) is 65.4 cm³/mol. The first-order valence-corrected chi connectivity index (χ1v) is 5.23. The molecule has 0 aromatic heterocycles. The van der Waals surface area contributed by atoms with Crippen molar-refractivity contribution < 1.29 is 4.74 Å². The summed E-state index contributed by atoms with van der Waals surface area (Å²) < 4.78 is 5.59. The van der Waals surface area contributed by atoms with E-state index in [2.05, 4.69) is 0 Å². The third-order valence-corrected chi connectivity index (χ3v) is 2.58. The summed E-state index contributed by atoms with van der Waals surface area (Å²) in [5.74, 6) is 0.816. The summed E-state index contributed by atoms with van der Waals surface area (Å²) in [7, 11) is 0. The Kier molecular flexibility index (Phi) is 4.04. The van der Waals surface area contributed by atoms with Crippen molar-refractivity contribution in [3.05, 3.63) is 34.4 Å². The van der Waals surface area contributed by atoms with Crippen LogP contribution in [-0.2, 0) is 0 Å². The molecule has 0 saturated carbocycles. The van der Waals surface area contributed by atoms with Crippen LogP contribution >= 0.6 is 11.6 Å². The van der Waals surface area contributed by atoms with Gasteiger partial charge in [0.25, 0.3) is 0 Å². The molecule has 82 valence electrons. The highest BCUT2D eigenvalue weighted by Gasteiger charge is 2.03. The van der Waals surface area contributed by atoms with Crippen LogP contribution in [0.25, 0.3) is 0 Å². The predicted octanol–water partition coefficient (Wildman–Crippen LogP) is 3.41. The van der Waals surface area contributed by atoms with Crippen molar-refractivity contribution in [3.63, 3.8) is 0 Å². The average molecular weight is 226 g/mol. The molecule has 0 bridgehead atoms. The lowest BCUT2D eigenvalue weighted by Crippen LogP contribution is -2.01. The number of ether oxygens (including phenoxy) is 1. The monoisotopic (exact) mass is 225 g/mol. The molecule has 1 aromatic rings. The van der Waals surface area contributed by atoms with Crippen LogP contribution in [0.5, 0.6) is 5.75 Å².